The number of aliphatic hydroxyl groups excluding tert-OH is 1. The van der Waals surface area contributed by atoms with Crippen molar-refractivity contribution in [1.82, 2.24) is 14.9 Å². The van der Waals surface area contributed by atoms with Crippen LogP contribution in [0.15, 0.2) is 12.4 Å². The zero-order valence-electron chi connectivity index (χ0n) is 13.4. The zero-order valence-corrected chi connectivity index (χ0v) is 13.4. The average molecular weight is 305 g/mol. The van der Waals surface area contributed by atoms with Crippen molar-refractivity contribution in [2.24, 2.45) is 0 Å². The van der Waals surface area contributed by atoms with E-state index < -0.39 is 0 Å². The molecule has 22 heavy (non-hydrogen) atoms. The number of hydrogen-bond donors (Lipinski definition) is 2. The van der Waals surface area contributed by atoms with Crippen molar-refractivity contribution in [3.8, 4) is 0 Å². The summed E-state index contributed by atoms with van der Waals surface area (Å²) < 4.78 is 0. The smallest absolute Gasteiger partial charge is 0.134 e. The molecule has 6 nitrogen and oxygen atoms in total. The predicted octanol–water partition coefficient (Wildman–Crippen LogP) is 1.33. The van der Waals surface area contributed by atoms with Crippen LogP contribution in [0, 0.1) is 0 Å². The van der Waals surface area contributed by atoms with E-state index in [0.717, 1.165) is 63.5 Å². The van der Waals surface area contributed by atoms with Crippen molar-refractivity contribution in [1.29, 1.82) is 0 Å². The topological polar surface area (TPSA) is 64.5 Å². The van der Waals surface area contributed by atoms with Gasteiger partial charge in [0.1, 0.15) is 18.0 Å². The standard InChI is InChI=1S/C16H27N5O/c1-2-20-8-5-13(6-9-20)19-15-10-16(18-12-17-15)21-7-3-4-14(21)11-22/h10,12-14,22H,2-9,11H2,1H3,(H,17,18,19)/t14-/m0/s1. The fraction of sp³-hybridized carbons (Fsp3) is 0.750. The predicted molar refractivity (Wildman–Crippen MR) is 88.2 cm³/mol. The van der Waals surface area contributed by atoms with E-state index in [1.165, 1.54) is 0 Å². The molecule has 1 aromatic heterocycles. The van der Waals surface area contributed by atoms with Crippen molar-refractivity contribution in [3.63, 3.8) is 0 Å². The quantitative estimate of drug-likeness (QED) is 0.856. The summed E-state index contributed by atoms with van der Waals surface area (Å²) in [5, 5.41) is 13.0. The SMILES string of the molecule is CCN1CCC(Nc2cc(N3CCC[C@H]3CO)ncn2)CC1. The van der Waals surface area contributed by atoms with Crippen LogP contribution in [0.5, 0.6) is 0 Å². The number of piperidine rings is 1. The number of likely N-dealkylation sites (tertiary alicyclic amines) is 1. The van der Waals surface area contributed by atoms with Crippen LogP contribution in [0.1, 0.15) is 32.6 Å². The third-order valence-electron chi connectivity index (χ3n) is 4.92. The molecule has 0 bridgehead atoms. The third kappa shape index (κ3) is 3.50. The number of hydrogen-bond acceptors (Lipinski definition) is 6. The van der Waals surface area contributed by atoms with E-state index in [0.29, 0.717) is 6.04 Å². The fourth-order valence-corrected chi connectivity index (χ4v) is 3.51. The first-order valence-electron chi connectivity index (χ1n) is 8.48. The van der Waals surface area contributed by atoms with Gasteiger partial charge >= 0.3 is 0 Å². The van der Waals surface area contributed by atoms with Crippen molar-refractivity contribution in [2.75, 3.05) is 43.0 Å². The number of aliphatic hydroxyl groups is 1. The lowest BCUT2D eigenvalue weighted by Crippen LogP contribution is -2.39. The molecular weight excluding hydrogens is 278 g/mol. The molecule has 0 aromatic carbocycles. The highest BCUT2D eigenvalue weighted by molar-refractivity contribution is 5.50. The van der Waals surface area contributed by atoms with Gasteiger partial charge in [0.05, 0.1) is 12.6 Å². The number of anilines is 2. The number of rotatable bonds is 5. The molecule has 0 saturated carbocycles. The maximum atomic E-state index is 9.47. The lowest BCUT2D eigenvalue weighted by Gasteiger charge is -2.32. The Bertz CT molecular complexity index is 475. The van der Waals surface area contributed by atoms with Gasteiger partial charge < -0.3 is 20.2 Å². The summed E-state index contributed by atoms with van der Waals surface area (Å²) in [5.41, 5.74) is 0. The van der Waals surface area contributed by atoms with E-state index in [4.69, 9.17) is 0 Å². The van der Waals surface area contributed by atoms with Crippen LogP contribution >= 0.6 is 0 Å². The molecule has 0 aliphatic carbocycles. The molecule has 0 radical (unpaired) electrons. The minimum absolute atomic E-state index is 0.197. The highest BCUT2D eigenvalue weighted by Crippen LogP contribution is 2.25. The minimum atomic E-state index is 0.197. The van der Waals surface area contributed by atoms with Crippen molar-refractivity contribution in [3.05, 3.63) is 12.4 Å². The van der Waals surface area contributed by atoms with Gasteiger partial charge in [0.2, 0.25) is 0 Å². The van der Waals surface area contributed by atoms with Gasteiger partial charge in [0, 0.05) is 31.7 Å². The van der Waals surface area contributed by atoms with E-state index in [1.54, 1.807) is 6.33 Å². The second-order valence-electron chi connectivity index (χ2n) is 6.29. The molecule has 2 aliphatic heterocycles. The molecule has 2 saturated heterocycles. The molecular formula is C16H27N5O. The molecule has 2 fully saturated rings. The van der Waals surface area contributed by atoms with E-state index in [-0.39, 0.29) is 12.6 Å². The fourth-order valence-electron chi connectivity index (χ4n) is 3.51. The summed E-state index contributed by atoms with van der Waals surface area (Å²) in [5.74, 6) is 1.84. The van der Waals surface area contributed by atoms with E-state index in [2.05, 4.69) is 32.0 Å². The van der Waals surface area contributed by atoms with Crippen LogP contribution in [0.2, 0.25) is 0 Å². The zero-order chi connectivity index (χ0) is 15.4. The Morgan fingerprint density at radius 1 is 1.23 bits per heavy atom. The average Bonchev–Trinajstić information content (AvgIpc) is 3.04. The van der Waals surface area contributed by atoms with Crippen LogP contribution in [-0.2, 0) is 0 Å². The first-order chi connectivity index (χ1) is 10.8. The van der Waals surface area contributed by atoms with Crippen molar-refractivity contribution < 1.29 is 5.11 Å². The van der Waals surface area contributed by atoms with E-state index >= 15 is 0 Å². The maximum absolute atomic E-state index is 9.47. The molecule has 1 aromatic rings. The monoisotopic (exact) mass is 305 g/mol. The van der Waals surface area contributed by atoms with Crippen LogP contribution in [0.3, 0.4) is 0 Å². The van der Waals surface area contributed by atoms with E-state index in [9.17, 15) is 5.11 Å². The summed E-state index contributed by atoms with van der Waals surface area (Å²) in [4.78, 5) is 13.5. The maximum Gasteiger partial charge on any atom is 0.134 e. The van der Waals surface area contributed by atoms with Gasteiger partial charge in [-0.05, 0) is 32.2 Å². The molecule has 122 valence electrons. The van der Waals surface area contributed by atoms with E-state index in [1.807, 2.05) is 6.07 Å². The Kier molecular flexibility index (Phi) is 5.10. The molecule has 0 unspecified atom stereocenters. The highest BCUT2D eigenvalue weighted by atomic mass is 16.3. The van der Waals surface area contributed by atoms with Gasteiger partial charge in [-0.1, -0.05) is 6.92 Å². The lowest BCUT2D eigenvalue weighted by atomic mass is 10.1. The molecule has 6 heteroatoms. The first kappa shape index (κ1) is 15.5. The summed E-state index contributed by atoms with van der Waals surface area (Å²) in [7, 11) is 0. The van der Waals surface area contributed by atoms with Gasteiger partial charge in [0.15, 0.2) is 0 Å². The van der Waals surface area contributed by atoms with Gasteiger partial charge in [-0.25, -0.2) is 9.97 Å². The lowest BCUT2D eigenvalue weighted by molar-refractivity contribution is 0.229. The molecule has 0 amide bonds. The Morgan fingerprint density at radius 2 is 2.05 bits per heavy atom. The second-order valence-corrected chi connectivity index (χ2v) is 6.29. The summed E-state index contributed by atoms with van der Waals surface area (Å²) in [6.45, 7) is 6.84. The van der Waals surface area contributed by atoms with Crippen LogP contribution in [0.4, 0.5) is 11.6 Å². The minimum Gasteiger partial charge on any atom is -0.394 e. The Labute approximate surface area is 132 Å². The second kappa shape index (κ2) is 7.24. The normalized spacial score (nSPS) is 23.9. The molecule has 2 aliphatic rings. The van der Waals surface area contributed by atoms with Gasteiger partial charge in [-0.15, -0.1) is 0 Å². The molecule has 0 spiro atoms. The molecule has 1 atom stereocenters. The molecule has 2 N–H and O–H groups in total. The van der Waals surface area contributed by atoms with Crippen molar-refractivity contribution in [2.45, 2.75) is 44.7 Å². The Hall–Kier alpha value is -1.40. The molecule has 3 rings (SSSR count). The van der Waals surface area contributed by atoms with Gasteiger partial charge in [0.25, 0.3) is 0 Å². The summed E-state index contributed by atoms with van der Waals surface area (Å²) in [6.07, 6.45) is 6.12. The Balaban J connectivity index is 1.62. The van der Waals surface area contributed by atoms with Crippen molar-refractivity contribution >= 4 is 11.6 Å². The molecule has 3 heterocycles. The van der Waals surface area contributed by atoms with Crippen LogP contribution in [0.25, 0.3) is 0 Å². The number of nitrogens with one attached hydrogen (secondary N) is 1. The Morgan fingerprint density at radius 3 is 2.77 bits per heavy atom. The largest absolute Gasteiger partial charge is 0.394 e. The summed E-state index contributed by atoms with van der Waals surface area (Å²) in [6, 6.07) is 2.73. The van der Waals surface area contributed by atoms with Crippen LogP contribution < -0.4 is 10.2 Å². The number of nitrogens with zero attached hydrogens (tertiary/aromatic N) is 4. The first-order valence-corrected chi connectivity index (χ1v) is 8.48. The van der Waals surface area contributed by atoms with Gasteiger partial charge in [-0.2, -0.15) is 0 Å². The van der Waals surface area contributed by atoms with Crippen LogP contribution in [-0.4, -0.2) is 64.8 Å². The van der Waals surface area contributed by atoms with Gasteiger partial charge in [-0.3, -0.25) is 0 Å². The number of aromatic nitrogens is 2. The highest BCUT2D eigenvalue weighted by Gasteiger charge is 2.25. The summed E-state index contributed by atoms with van der Waals surface area (Å²) >= 11 is 0. The third-order valence-corrected chi connectivity index (χ3v) is 4.92.